The van der Waals surface area contributed by atoms with Crippen LogP contribution in [0.4, 0.5) is 0 Å². The van der Waals surface area contributed by atoms with Crippen LogP contribution in [-0.4, -0.2) is 24.8 Å². The van der Waals surface area contributed by atoms with Gasteiger partial charge in [-0.3, -0.25) is 9.89 Å². The lowest BCUT2D eigenvalue weighted by atomic mass is 10.1. The van der Waals surface area contributed by atoms with Crippen LogP contribution in [0.25, 0.3) is 22.3 Å². The van der Waals surface area contributed by atoms with Crippen LogP contribution in [-0.2, 0) is 6.61 Å². The van der Waals surface area contributed by atoms with E-state index in [2.05, 4.69) is 36.2 Å². The molecule has 0 aliphatic heterocycles. The number of nitrogens with zero attached hydrogens (tertiary/aromatic N) is 4. The summed E-state index contributed by atoms with van der Waals surface area (Å²) in [4.78, 5) is 17.8. The van der Waals surface area contributed by atoms with E-state index in [1.54, 1.807) is 6.20 Å². The van der Waals surface area contributed by atoms with Crippen LogP contribution in [0.1, 0.15) is 11.4 Å². The zero-order chi connectivity index (χ0) is 20.5. The molecule has 7 nitrogen and oxygen atoms in total. The van der Waals surface area contributed by atoms with Crippen LogP contribution in [0, 0.1) is 0 Å². The number of thiazole rings is 1. The van der Waals surface area contributed by atoms with Crippen molar-refractivity contribution in [3.8, 4) is 17.0 Å². The molecule has 0 saturated heterocycles. The standard InChI is InChI=1S/C21H14BrN5O2S/c22-15-6-8-16(9-7-15)29-12-18-24-21-27(26-18)20(28)17(30-21)10-14-11-23-25-19(14)13-4-2-1-3-5-13/h1-11H,12H2,(H,23,25). The fourth-order valence-electron chi connectivity index (χ4n) is 3.00. The van der Waals surface area contributed by atoms with E-state index in [9.17, 15) is 4.79 Å². The van der Waals surface area contributed by atoms with E-state index in [1.165, 1.54) is 15.9 Å². The minimum Gasteiger partial charge on any atom is -0.486 e. The van der Waals surface area contributed by atoms with Gasteiger partial charge >= 0.3 is 0 Å². The number of H-pyrrole nitrogens is 1. The molecule has 5 aromatic rings. The molecule has 148 valence electrons. The molecule has 0 unspecified atom stereocenters. The summed E-state index contributed by atoms with van der Waals surface area (Å²) in [5.41, 5.74) is 2.48. The Hall–Kier alpha value is -3.30. The Labute approximate surface area is 182 Å². The molecule has 0 bridgehead atoms. The Kier molecular flexibility index (Phi) is 4.89. The second kappa shape index (κ2) is 7.85. The minimum absolute atomic E-state index is 0.189. The first-order valence-corrected chi connectivity index (χ1v) is 10.7. The molecular formula is C21H14BrN5O2S. The Bertz CT molecular complexity index is 1420. The molecule has 1 N–H and O–H groups in total. The fraction of sp³-hybridized carbons (Fsp3) is 0.0476. The first-order valence-electron chi connectivity index (χ1n) is 9.05. The molecular weight excluding hydrogens is 466 g/mol. The summed E-state index contributed by atoms with van der Waals surface area (Å²) < 4.78 is 8.53. The van der Waals surface area contributed by atoms with Crippen molar-refractivity contribution in [1.29, 1.82) is 0 Å². The summed E-state index contributed by atoms with van der Waals surface area (Å²) in [6.07, 6.45) is 3.52. The molecule has 2 aromatic carbocycles. The zero-order valence-electron chi connectivity index (χ0n) is 15.4. The SMILES string of the molecule is O=c1c(=Cc2cn[nH]c2-c2ccccc2)sc2nc(COc3ccc(Br)cc3)nn12. The fourth-order valence-corrected chi connectivity index (χ4v) is 4.18. The molecule has 0 aliphatic carbocycles. The first-order chi connectivity index (χ1) is 14.7. The van der Waals surface area contributed by atoms with Gasteiger partial charge in [-0.2, -0.15) is 14.6 Å². The van der Waals surface area contributed by atoms with Crippen molar-refractivity contribution in [2.75, 3.05) is 0 Å². The molecule has 0 saturated carbocycles. The van der Waals surface area contributed by atoms with Crippen molar-refractivity contribution in [3.05, 3.63) is 91.5 Å². The highest BCUT2D eigenvalue weighted by molar-refractivity contribution is 9.10. The molecule has 0 atom stereocenters. The predicted octanol–water partition coefficient (Wildman–Crippen LogP) is 3.43. The topological polar surface area (TPSA) is 85.2 Å². The van der Waals surface area contributed by atoms with Gasteiger partial charge in [0, 0.05) is 15.6 Å². The van der Waals surface area contributed by atoms with Crippen molar-refractivity contribution in [2.45, 2.75) is 6.61 Å². The maximum Gasteiger partial charge on any atom is 0.291 e. The smallest absolute Gasteiger partial charge is 0.291 e. The van der Waals surface area contributed by atoms with Crippen LogP contribution in [0.5, 0.6) is 5.75 Å². The van der Waals surface area contributed by atoms with Gasteiger partial charge in [0.05, 0.1) is 16.4 Å². The molecule has 0 aliphatic rings. The number of benzene rings is 2. The summed E-state index contributed by atoms with van der Waals surface area (Å²) in [6.45, 7) is 0.189. The Morgan fingerprint density at radius 3 is 2.70 bits per heavy atom. The van der Waals surface area contributed by atoms with Crippen molar-refractivity contribution in [1.82, 2.24) is 24.8 Å². The highest BCUT2D eigenvalue weighted by atomic mass is 79.9. The maximum atomic E-state index is 12.8. The van der Waals surface area contributed by atoms with E-state index in [-0.39, 0.29) is 12.2 Å². The summed E-state index contributed by atoms with van der Waals surface area (Å²) in [7, 11) is 0. The van der Waals surface area contributed by atoms with Crippen LogP contribution in [0.15, 0.2) is 70.1 Å². The molecule has 3 heterocycles. The predicted molar refractivity (Wildman–Crippen MR) is 118 cm³/mol. The average molecular weight is 480 g/mol. The van der Waals surface area contributed by atoms with Gasteiger partial charge in [0.15, 0.2) is 5.82 Å². The Morgan fingerprint density at radius 2 is 1.93 bits per heavy atom. The molecule has 9 heteroatoms. The molecule has 0 spiro atoms. The lowest BCUT2D eigenvalue weighted by molar-refractivity contribution is 0.296. The van der Waals surface area contributed by atoms with E-state index in [0.717, 1.165) is 21.3 Å². The quantitative estimate of drug-likeness (QED) is 0.417. The number of rotatable bonds is 5. The molecule has 0 fully saturated rings. The van der Waals surface area contributed by atoms with Crippen molar-refractivity contribution in [3.63, 3.8) is 0 Å². The van der Waals surface area contributed by atoms with Gasteiger partial charge in [-0.1, -0.05) is 57.6 Å². The third kappa shape index (κ3) is 3.64. The number of halogens is 1. The van der Waals surface area contributed by atoms with E-state index < -0.39 is 0 Å². The molecule has 5 rings (SSSR count). The Morgan fingerprint density at radius 1 is 1.13 bits per heavy atom. The van der Waals surface area contributed by atoms with Crippen molar-refractivity contribution < 1.29 is 4.74 Å². The van der Waals surface area contributed by atoms with E-state index >= 15 is 0 Å². The van der Waals surface area contributed by atoms with Crippen LogP contribution in [0.2, 0.25) is 0 Å². The van der Waals surface area contributed by atoms with E-state index in [1.807, 2.05) is 60.7 Å². The zero-order valence-corrected chi connectivity index (χ0v) is 17.9. The number of aromatic amines is 1. The third-order valence-electron chi connectivity index (χ3n) is 4.43. The lowest BCUT2D eigenvalue weighted by Crippen LogP contribution is -2.24. The minimum atomic E-state index is -0.211. The van der Waals surface area contributed by atoms with Crippen LogP contribution >= 0.6 is 27.3 Å². The normalized spacial score (nSPS) is 12.0. The third-order valence-corrected chi connectivity index (χ3v) is 5.91. The number of hydrogen-bond acceptors (Lipinski definition) is 6. The summed E-state index contributed by atoms with van der Waals surface area (Å²) in [5, 5.41) is 11.4. The summed E-state index contributed by atoms with van der Waals surface area (Å²) in [6, 6.07) is 17.3. The van der Waals surface area contributed by atoms with Gasteiger partial charge in [0.1, 0.15) is 12.4 Å². The summed E-state index contributed by atoms with van der Waals surface area (Å²) >= 11 is 4.68. The molecule has 3 aromatic heterocycles. The second-order valence-corrected chi connectivity index (χ2v) is 8.37. The van der Waals surface area contributed by atoms with Gasteiger partial charge < -0.3 is 4.74 Å². The summed E-state index contributed by atoms with van der Waals surface area (Å²) in [5.74, 6) is 1.17. The highest BCUT2D eigenvalue weighted by Crippen LogP contribution is 2.21. The van der Waals surface area contributed by atoms with Crippen molar-refractivity contribution >= 4 is 38.3 Å². The van der Waals surface area contributed by atoms with E-state index in [0.29, 0.717) is 21.1 Å². The van der Waals surface area contributed by atoms with Crippen LogP contribution < -0.4 is 14.8 Å². The number of nitrogens with one attached hydrogen (secondary N) is 1. The molecule has 0 amide bonds. The van der Waals surface area contributed by atoms with Gasteiger partial charge in [0.25, 0.3) is 5.56 Å². The van der Waals surface area contributed by atoms with Gasteiger partial charge in [-0.15, -0.1) is 5.10 Å². The molecule has 0 radical (unpaired) electrons. The number of ether oxygens (including phenoxy) is 1. The van der Waals surface area contributed by atoms with Gasteiger partial charge in [0.2, 0.25) is 4.96 Å². The second-order valence-electron chi connectivity index (χ2n) is 6.45. The Balaban J connectivity index is 1.43. The maximum absolute atomic E-state index is 12.8. The van der Waals surface area contributed by atoms with Gasteiger partial charge in [-0.25, -0.2) is 0 Å². The molecule has 30 heavy (non-hydrogen) atoms. The first kappa shape index (κ1) is 18.7. The number of hydrogen-bond donors (Lipinski definition) is 1. The lowest BCUT2D eigenvalue weighted by Gasteiger charge is -2.02. The highest BCUT2D eigenvalue weighted by Gasteiger charge is 2.12. The monoisotopic (exact) mass is 479 g/mol. The largest absolute Gasteiger partial charge is 0.486 e. The van der Waals surface area contributed by atoms with Crippen molar-refractivity contribution in [2.24, 2.45) is 0 Å². The van der Waals surface area contributed by atoms with Crippen LogP contribution in [0.3, 0.4) is 0 Å². The average Bonchev–Trinajstić information content (AvgIpc) is 3.46. The van der Waals surface area contributed by atoms with Gasteiger partial charge in [-0.05, 0) is 30.3 Å². The number of aromatic nitrogens is 5. The van der Waals surface area contributed by atoms with E-state index in [4.69, 9.17) is 4.74 Å². The number of fused-ring (bicyclic) bond motifs is 1.